The van der Waals surface area contributed by atoms with Crippen LogP contribution in [0.5, 0.6) is 5.75 Å². The van der Waals surface area contributed by atoms with Crippen LogP contribution in [0, 0.1) is 13.8 Å². The number of nitrogens with zero attached hydrogens (tertiary/aromatic N) is 2. The van der Waals surface area contributed by atoms with Crippen molar-refractivity contribution in [1.82, 2.24) is 9.88 Å². The van der Waals surface area contributed by atoms with Crippen molar-refractivity contribution in [1.29, 1.82) is 0 Å². The lowest BCUT2D eigenvalue weighted by molar-refractivity contribution is -0.130. The minimum atomic E-state index is -0.761. The second-order valence-corrected chi connectivity index (χ2v) is 8.13. The molecule has 1 aliphatic heterocycles. The fraction of sp³-hybridized carbons (Fsp3) is 0.227. The van der Waals surface area contributed by atoms with E-state index in [4.69, 9.17) is 9.15 Å². The summed E-state index contributed by atoms with van der Waals surface area (Å²) >= 11 is 1.25. The third-order valence-electron chi connectivity index (χ3n) is 5.00. The van der Waals surface area contributed by atoms with Crippen molar-refractivity contribution >= 4 is 23.0 Å². The zero-order valence-corrected chi connectivity index (χ0v) is 17.5. The maximum Gasteiger partial charge on any atom is 0.290 e. The summed E-state index contributed by atoms with van der Waals surface area (Å²) in [6.45, 7) is 3.67. The van der Waals surface area contributed by atoms with Crippen LogP contribution in [0.2, 0.25) is 0 Å². The Morgan fingerprint density at radius 3 is 2.57 bits per heavy atom. The molecular weight excluding hydrogens is 404 g/mol. The number of ether oxygens (including phenoxy) is 1. The molecule has 154 valence electrons. The number of methoxy groups -OCH3 is 1. The lowest BCUT2D eigenvalue weighted by Crippen LogP contribution is -2.30. The van der Waals surface area contributed by atoms with Gasteiger partial charge >= 0.3 is 0 Å². The summed E-state index contributed by atoms with van der Waals surface area (Å²) in [6, 6.07) is 9.77. The molecule has 1 aromatic carbocycles. The number of aryl methyl sites for hydroxylation is 2. The van der Waals surface area contributed by atoms with Crippen molar-refractivity contribution in [2.45, 2.75) is 26.4 Å². The number of hydrogen-bond acceptors (Lipinski definition) is 7. The Kier molecular flexibility index (Phi) is 5.17. The molecule has 1 amide bonds. The number of furan rings is 1. The van der Waals surface area contributed by atoms with E-state index in [9.17, 15) is 14.7 Å². The molecule has 0 bridgehead atoms. The molecule has 0 aliphatic carbocycles. The average molecular weight is 424 g/mol. The highest BCUT2D eigenvalue weighted by molar-refractivity contribution is 7.14. The molecule has 1 aliphatic rings. The quantitative estimate of drug-likeness (QED) is 0.598. The number of Topliss-reactive ketones (excluding diaryl/α,β-unsaturated/α-hetero) is 1. The molecule has 4 rings (SSSR count). The van der Waals surface area contributed by atoms with Gasteiger partial charge in [-0.2, -0.15) is 0 Å². The maximum absolute atomic E-state index is 13.4. The van der Waals surface area contributed by atoms with Crippen molar-refractivity contribution < 1.29 is 23.8 Å². The van der Waals surface area contributed by atoms with E-state index in [1.807, 2.05) is 6.92 Å². The maximum atomic E-state index is 13.4. The number of carbonyl (C=O) groups excluding carboxylic acids is 2. The Morgan fingerprint density at radius 1 is 1.27 bits per heavy atom. The van der Waals surface area contributed by atoms with Crippen LogP contribution < -0.4 is 4.74 Å². The monoisotopic (exact) mass is 424 g/mol. The lowest BCUT2D eigenvalue weighted by Gasteiger charge is -2.26. The first kappa shape index (κ1) is 19.9. The molecule has 7 nitrogen and oxygen atoms in total. The van der Waals surface area contributed by atoms with Crippen LogP contribution in [0.3, 0.4) is 0 Å². The van der Waals surface area contributed by atoms with Crippen LogP contribution in [0.1, 0.15) is 37.7 Å². The first-order valence-electron chi connectivity index (χ1n) is 9.30. The van der Waals surface area contributed by atoms with E-state index < -0.39 is 23.5 Å². The van der Waals surface area contributed by atoms with Crippen LogP contribution in [0.4, 0.5) is 0 Å². The van der Waals surface area contributed by atoms with Crippen molar-refractivity contribution in [3.05, 3.63) is 80.9 Å². The number of aromatic nitrogens is 1. The van der Waals surface area contributed by atoms with E-state index in [1.54, 1.807) is 50.4 Å². The number of rotatable bonds is 6. The van der Waals surface area contributed by atoms with Crippen LogP contribution in [-0.2, 0) is 11.3 Å². The molecule has 1 unspecified atom stereocenters. The topological polar surface area (TPSA) is 92.9 Å². The molecule has 30 heavy (non-hydrogen) atoms. The number of benzene rings is 1. The molecule has 0 radical (unpaired) electrons. The van der Waals surface area contributed by atoms with E-state index in [2.05, 4.69) is 4.98 Å². The number of thiazole rings is 1. The Morgan fingerprint density at radius 2 is 2.00 bits per heavy atom. The molecular formula is C22H20N2O5S. The van der Waals surface area contributed by atoms with Gasteiger partial charge in [-0.3, -0.25) is 9.59 Å². The van der Waals surface area contributed by atoms with E-state index in [0.29, 0.717) is 27.6 Å². The molecule has 8 heteroatoms. The van der Waals surface area contributed by atoms with Gasteiger partial charge < -0.3 is 19.2 Å². The Bertz CT molecular complexity index is 1130. The molecule has 1 atom stereocenters. The zero-order valence-electron chi connectivity index (χ0n) is 16.7. The molecule has 0 spiro atoms. The first-order chi connectivity index (χ1) is 14.4. The van der Waals surface area contributed by atoms with Gasteiger partial charge in [0.15, 0.2) is 5.76 Å². The summed E-state index contributed by atoms with van der Waals surface area (Å²) < 4.78 is 10.6. The predicted octanol–water partition coefficient (Wildman–Crippen LogP) is 4.14. The summed E-state index contributed by atoms with van der Waals surface area (Å²) in [5.74, 6) is -0.358. The van der Waals surface area contributed by atoms with Gasteiger partial charge in [0.1, 0.15) is 11.5 Å². The number of amides is 1. The second-order valence-electron chi connectivity index (χ2n) is 6.93. The van der Waals surface area contributed by atoms with Crippen LogP contribution in [0.25, 0.3) is 0 Å². The van der Waals surface area contributed by atoms with Gasteiger partial charge in [-0.15, -0.1) is 11.3 Å². The largest absolute Gasteiger partial charge is 0.503 e. The Balaban J connectivity index is 1.81. The van der Waals surface area contributed by atoms with E-state index in [-0.39, 0.29) is 12.1 Å². The fourth-order valence-electron chi connectivity index (χ4n) is 3.62. The van der Waals surface area contributed by atoms with Gasteiger partial charge in [-0.05, 0) is 43.7 Å². The summed E-state index contributed by atoms with van der Waals surface area (Å²) in [5, 5.41) is 11.5. The zero-order chi connectivity index (χ0) is 21.4. The van der Waals surface area contributed by atoms with Gasteiger partial charge in [-0.1, -0.05) is 12.1 Å². The minimum absolute atomic E-state index is 0.0449. The van der Waals surface area contributed by atoms with Crippen LogP contribution in [-0.4, -0.2) is 33.8 Å². The highest BCUT2D eigenvalue weighted by Crippen LogP contribution is 2.41. The average Bonchev–Trinajstić information content (AvgIpc) is 3.43. The minimum Gasteiger partial charge on any atom is -0.503 e. The first-order valence-corrected chi connectivity index (χ1v) is 10.1. The number of hydrogen-bond donors (Lipinski definition) is 1. The van der Waals surface area contributed by atoms with Gasteiger partial charge in [0.2, 0.25) is 5.78 Å². The van der Waals surface area contributed by atoms with Crippen molar-refractivity contribution in [3.63, 3.8) is 0 Å². The number of carbonyl (C=O) groups is 2. The van der Waals surface area contributed by atoms with Crippen molar-refractivity contribution in [3.8, 4) is 5.75 Å². The third-order valence-corrected chi connectivity index (χ3v) is 6.07. The highest BCUT2D eigenvalue weighted by Gasteiger charge is 2.44. The van der Waals surface area contributed by atoms with E-state index in [1.165, 1.54) is 22.5 Å². The van der Waals surface area contributed by atoms with Gasteiger partial charge in [0.25, 0.3) is 5.91 Å². The second kappa shape index (κ2) is 7.79. The third kappa shape index (κ3) is 3.39. The summed E-state index contributed by atoms with van der Waals surface area (Å²) in [7, 11) is 1.56. The van der Waals surface area contributed by atoms with Gasteiger partial charge in [0, 0.05) is 0 Å². The van der Waals surface area contributed by atoms with E-state index in [0.717, 1.165) is 5.01 Å². The standard InChI is InChI=1S/C22H20N2O5S/c1-12-21(30-13(2)23-12)19(25)17-18(14-6-8-15(28-3)9-7-14)24(22(27)20(17)26)11-16-5-4-10-29-16/h4-10,18,26H,11H2,1-3H3. The fourth-order valence-corrected chi connectivity index (χ4v) is 4.49. The number of aliphatic hydroxyl groups excluding tert-OH is 1. The predicted molar refractivity (Wildman–Crippen MR) is 111 cm³/mol. The molecule has 0 saturated carbocycles. The Labute approximate surface area is 177 Å². The molecule has 3 heterocycles. The van der Waals surface area contributed by atoms with Gasteiger partial charge in [-0.25, -0.2) is 4.98 Å². The summed E-state index contributed by atoms with van der Waals surface area (Å²) in [4.78, 5) is 32.5. The lowest BCUT2D eigenvalue weighted by atomic mass is 9.95. The van der Waals surface area contributed by atoms with Crippen LogP contribution in [0.15, 0.2) is 58.4 Å². The highest BCUT2D eigenvalue weighted by atomic mass is 32.1. The molecule has 0 fully saturated rings. The molecule has 0 saturated heterocycles. The molecule has 2 aromatic heterocycles. The summed E-state index contributed by atoms with van der Waals surface area (Å²) in [5.41, 5.74) is 1.30. The van der Waals surface area contributed by atoms with Gasteiger partial charge in [0.05, 0.1) is 47.1 Å². The smallest absolute Gasteiger partial charge is 0.290 e. The normalized spacial score (nSPS) is 16.4. The van der Waals surface area contributed by atoms with Crippen molar-refractivity contribution in [2.75, 3.05) is 7.11 Å². The SMILES string of the molecule is COc1ccc(C2C(C(=O)c3sc(C)nc3C)=C(O)C(=O)N2Cc2ccco2)cc1. The molecule has 1 N–H and O–H groups in total. The Hall–Kier alpha value is -3.39. The van der Waals surface area contributed by atoms with Crippen molar-refractivity contribution in [2.24, 2.45) is 0 Å². The molecule has 3 aromatic rings. The van der Waals surface area contributed by atoms with E-state index >= 15 is 0 Å². The number of aliphatic hydroxyl groups is 1. The van der Waals surface area contributed by atoms with Crippen LogP contribution >= 0.6 is 11.3 Å². The summed E-state index contributed by atoms with van der Waals surface area (Å²) in [6.07, 6.45) is 1.51. The number of ketones is 1.